The maximum atomic E-state index is 13.7. The lowest BCUT2D eigenvalue weighted by atomic mass is 9.98. The summed E-state index contributed by atoms with van der Waals surface area (Å²) in [6.07, 6.45) is -0.0649. The Bertz CT molecular complexity index is 1360. The molecule has 0 spiro atoms. The molecule has 0 radical (unpaired) electrons. The van der Waals surface area contributed by atoms with Gasteiger partial charge in [0.25, 0.3) is 0 Å². The minimum atomic E-state index is -1.20. The highest BCUT2D eigenvalue weighted by atomic mass is 16.4. The zero-order chi connectivity index (χ0) is 34.4. The first-order chi connectivity index (χ1) is 21.7. The van der Waals surface area contributed by atoms with E-state index in [-0.39, 0.29) is 55.2 Å². The van der Waals surface area contributed by atoms with Crippen LogP contribution in [0.3, 0.4) is 0 Å². The average Bonchev–Trinajstić information content (AvgIpc) is 2.98. The molecule has 0 saturated carbocycles. The topological polar surface area (TPSA) is 217 Å². The molecule has 13 heteroatoms. The van der Waals surface area contributed by atoms with Crippen molar-refractivity contribution >= 4 is 41.3 Å². The number of benzene rings is 2. The van der Waals surface area contributed by atoms with E-state index in [2.05, 4.69) is 21.3 Å². The Labute approximate surface area is 268 Å². The smallest absolute Gasteiger partial charge is 0.337 e. The number of carbonyl (C=O) groups excluding carboxylic acids is 4. The van der Waals surface area contributed by atoms with Crippen molar-refractivity contribution in [1.82, 2.24) is 16.0 Å². The Hall–Kier alpha value is -4.78. The van der Waals surface area contributed by atoms with E-state index in [1.165, 1.54) is 12.1 Å². The fourth-order valence-corrected chi connectivity index (χ4v) is 4.75. The second kappa shape index (κ2) is 18.3. The fraction of sp³-hybridized carbons (Fsp3) is 0.455. The predicted octanol–water partition coefficient (Wildman–Crippen LogP) is 2.30. The first-order valence-electron chi connectivity index (χ1n) is 15.2. The van der Waals surface area contributed by atoms with E-state index < -0.39 is 59.7 Å². The Morgan fingerprint density at radius 2 is 1.41 bits per heavy atom. The molecule has 0 aromatic heterocycles. The Morgan fingerprint density at radius 3 is 2.00 bits per heavy atom. The van der Waals surface area contributed by atoms with E-state index >= 15 is 0 Å². The maximum Gasteiger partial charge on any atom is 0.337 e. The van der Waals surface area contributed by atoms with Crippen molar-refractivity contribution in [3.8, 4) is 0 Å². The van der Waals surface area contributed by atoms with Crippen molar-refractivity contribution in [3.05, 3.63) is 65.7 Å². The van der Waals surface area contributed by atoms with E-state index in [9.17, 15) is 33.9 Å². The molecule has 0 heterocycles. The normalized spacial score (nSPS) is 13.6. The Morgan fingerprint density at radius 1 is 0.783 bits per heavy atom. The summed E-state index contributed by atoms with van der Waals surface area (Å²) in [6.45, 7) is 7.18. The van der Waals surface area contributed by atoms with Crippen molar-refractivity contribution in [2.24, 2.45) is 17.6 Å². The Balaban J connectivity index is 2.23. The van der Waals surface area contributed by atoms with Crippen LogP contribution in [0.2, 0.25) is 0 Å². The molecule has 2 aromatic carbocycles. The van der Waals surface area contributed by atoms with Crippen molar-refractivity contribution in [2.75, 3.05) is 5.32 Å². The second-order valence-corrected chi connectivity index (χ2v) is 12.0. The van der Waals surface area contributed by atoms with Gasteiger partial charge in [-0.25, -0.2) is 4.79 Å². The summed E-state index contributed by atoms with van der Waals surface area (Å²) in [5.41, 5.74) is 6.72. The summed E-state index contributed by atoms with van der Waals surface area (Å²) in [7, 11) is 0. The number of hydrogen-bond donors (Lipinski definition) is 7. The number of aliphatic carboxylic acids is 1. The number of rotatable bonds is 18. The van der Waals surface area contributed by atoms with Gasteiger partial charge in [-0.05, 0) is 48.8 Å². The molecule has 0 aliphatic carbocycles. The number of nitrogens with two attached hydrogens (primary N) is 1. The number of carbonyl (C=O) groups is 6. The van der Waals surface area contributed by atoms with Crippen LogP contribution in [0.4, 0.5) is 5.69 Å². The highest BCUT2D eigenvalue weighted by Crippen LogP contribution is 2.17. The van der Waals surface area contributed by atoms with Gasteiger partial charge in [0, 0.05) is 18.9 Å². The molecule has 0 aliphatic heterocycles. The van der Waals surface area contributed by atoms with Crippen LogP contribution < -0.4 is 27.0 Å². The van der Waals surface area contributed by atoms with Gasteiger partial charge in [0.15, 0.2) is 0 Å². The molecule has 250 valence electrons. The summed E-state index contributed by atoms with van der Waals surface area (Å²) in [5, 5.41) is 29.2. The third kappa shape index (κ3) is 12.7. The van der Waals surface area contributed by atoms with Crippen LogP contribution >= 0.6 is 0 Å². The SMILES string of the molecule is CC(C)C[C@H](NC(=O)[C@@H](NC(=O)[C@@H](N)CCC(=O)O)C(C)C)C(=O)N[C@H](CC(=O)Nc1ccccc1C(=O)O)Cc1ccccc1. The van der Waals surface area contributed by atoms with Crippen LogP contribution in [-0.4, -0.2) is 69.9 Å². The van der Waals surface area contributed by atoms with Gasteiger partial charge in [-0.2, -0.15) is 0 Å². The van der Waals surface area contributed by atoms with Crippen molar-refractivity contribution in [1.29, 1.82) is 0 Å². The minimum absolute atomic E-state index is 0.0176. The number of amides is 4. The quantitative estimate of drug-likeness (QED) is 0.127. The van der Waals surface area contributed by atoms with Crippen LogP contribution in [-0.2, 0) is 30.4 Å². The molecule has 46 heavy (non-hydrogen) atoms. The van der Waals surface area contributed by atoms with Gasteiger partial charge in [-0.15, -0.1) is 0 Å². The molecule has 4 atom stereocenters. The molecule has 13 nitrogen and oxygen atoms in total. The zero-order valence-corrected chi connectivity index (χ0v) is 26.6. The van der Waals surface area contributed by atoms with Gasteiger partial charge in [-0.3, -0.25) is 24.0 Å². The average molecular weight is 640 g/mol. The first kappa shape index (κ1) is 37.4. The van der Waals surface area contributed by atoms with Crippen LogP contribution in [0.15, 0.2) is 54.6 Å². The molecule has 4 amide bonds. The number of para-hydroxylation sites is 1. The summed E-state index contributed by atoms with van der Waals surface area (Å²) in [4.78, 5) is 75.3. The lowest BCUT2D eigenvalue weighted by Crippen LogP contribution is -2.58. The van der Waals surface area contributed by atoms with E-state index in [1.54, 1.807) is 26.0 Å². The van der Waals surface area contributed by atoms with E-state index in [0.717, 1.165) is 5.56 Å². The fourth-order valence-electron chi connectivity index (χ4n) is 4.75. The second-order valence-electron chi connectivity index (χ2n) is 12.0. The number of anilines is 1. The molecule has 8 N–H and O–H groups in total. The van der Waals surface area contributed by atoms with Crippen LogP contribution in [0.25, 0.3) is 0 Å². The van der Waals surface area contributed by atoms with Gasteiger partial charge in [0.2, 0.25) is 23.6 Å². The molecular weight excluding hydrogens is 594 g/mol. The lowest BCUT2D eigenvalue weighted by molar-refractivity contribution is -0.137. The van der Waals surface area contributed by atoms with Crippen molar-refractivity contribution in [2.45, 2.75) is 84.0 Å². The van der Waals surface area contributed by atoms with Crippen LogP contribution in [0, 0.1) is 11.8 Å². The molecule has 0 unspecified atom stereocenters. The van der Waals surface area contributed by atoms with E-state index in [4.69, 9.17) is 10.8 Å². The highest BCUT2D eigenvalue weighted by Gasteiger charge is 2.31. The van der Waals surface area contributed by atoms with Crippen LogP contribution in [0.1, 0.15) is 69.3 Å². The molecule has 0 saturated heterocycles. The minimum Gasteiger partial charge on any atom is -0.481 e. The monoisotopic (exact) mass is 639 g/mol. The summed E-state index contributed by atoms with van der Waals surface area (Å²) >= 11 is 0. The van der Waals surface area contributed by atoms with E-state index in [1.807, 2.05) is 44.2 Å². The summed E-state index contributed by atoms with van der Waals surface area (Å²) in [5.74, 6) is -5.05. The van der Waals surface area contributed by atoms with Gasteiger partial charge < -0.3 is 37.2 Å². The molecular formula is C33H45N5O8. The predicted molar refractivity (Wildman–Crippen MR) is 172 cm³/mol. The van der Waals surface area contributed by atoms with Gasteiger partial charge in [0.05, 0.1) is 17.3 Å². The maximum absolute atomic E-state index is 13.7. The largest absolute Gasteiger partial charge is 0.481 e. The van der Waals surface area contributed by atoms with Gasteiger partial charge in [-0.1, -0.05) is 70.2 Å². The zero-order valence-electron chi connectivity index (χ0n) is 26.6. The Kier molecular flexibility index (Phi) is 14.8. The van der Waals surface area contributed by atoms with Crippen molar-refractivity contribution in [3.63, 3.8) is 0 Å². The molecule has 0 aliphatic rings. The third-order valence-electron chi connectivity index (χ3n) is 7.13. The van der Waals surface area contributed by atoms with Crippen molar-refractivity contribution < 1.29 is 39.0 Å². The summed E-state index contributed by atoms with van der Waals surface area (Å²) in [6, 6.07) is 11.3. The van der Waals surface area contributed by atoms with Gasteiger partial charge in [0.1, 0.15) is 12.1 Å². The molecule has 2 aromatic rings. The standard InChI is InChI=1S/C33H45N5O8/c1-19(2)16-26(37-32(44)29(20(3)4)38-30(42)24(34)14-15-28(40)41)31(43)35-22(17-21-10-6-5-7-11-21)18-27(39)36-25-13-9-8-12-23(25)33(45)46/h5-13,19-20,22,24,26,29H,14-18,34H2,1-4H3,(H,35,43)(H,36,39)(H,37,44)(H,38,42)(H,40,41)(H,45,46)/t22-,24-,26-,29-/m0/s1. The van der Waals surface area contributed by atoms with Crippen LogP contribution in [0.5, 0.6) is 0 Å². The third-order valence-corrected chi connectivity index (χ3v) is 7.13. The van der Waals surface area contributed by atoms with E-state index in [0.29, 0.717) is 0 Å². The highest BCUT2D eigenvalue weighted by molar-refractivity contribution is 6.01. The summed E-state index contributed by atoms with van der Waals surface area (Å²) < 4.78 is 0. The lowest BCUT2D eigenvalue weighted by Gasteiger charge is -2.28. The molecule has 2 rings (SSSR count). The molecule has 0 fully saturated rings. The number of nitrogens with one attached hydrogen (secondary N) is 4. The number of hydrogen-bond acceptors (Lipinski definition) is 7. The first-order valence-corrected chi connectivity index (χ1v) is 15.2. The number of carboxylic acids is 2. The number of carboxylic acid groups (broad SMARTS) is 2. The number of aromatic carboxylic acids is 1. The molecule has 0 bridgehead atoms. The van der Waals surface area contributed by atoms with Gasteiger partial charge >= 0.3 is 11.9 Å².